The third-order valence-electron chi connectivity index (χ3n) is 6.67. The molecular weight excluding hydrogens is 495 g/mol. The van der Waals surface area contributed by atoms with Crippen molar-refractivity contribution in [2.24, 2.45) is 11.8 Å². The lowest BCUT2D eigenvalue weighted by Crippen LogP contribution is -2.58. The van der Waals surface area contributed by atoms with Crippen LogP contribution in [0.5, 0.6) is 11.6 Å². The number of piperidine rings is 1. The highest BCUT2D eigenvalue weighted by molar-refractivity contribution is 7.98. The number of benzene rings is 1. The van der Waals surface area contributed by atoms with Gasteiger partial charge in [0.1, 0.15) is 18.2 Å². The van der Waals surface area contributed by atoms with Gasteiger partial charge in [-0.15, -0.1) is 11.8 Å². The predicted octanol–water partition coefficient (Wildman–Crippen LogP) is 4.36. The molecule has 2 aliphatic rings. The molecule has 1 N–H and O–H groups in total. The van der Waals surface area contributed by atoms with Crippen molar-refractivity contribution in [3.8, 4) is 11.6 Å². The fraction of sp³-hybridized carbons (Fsp3) is 0.462. The highest BCUT2D eigenvalue weighted by Crippen LogP contribution is 2.38. The number of hydrogen-bond donors (Lipinski definition) is 1. The highest BCUT2D eigenvalue weighted by atomic mass is 32.2. The molecule has 2 bridgehead atoms. The quantitative estimate of drug-likeness (QED) is 0.405. The second kappa shape index (κ2) is 11.5. The number of hydrogen-bond acceptors (Lipinski definition) is 10. The van der Waals surface area contributed by atoms with Crippen LogP contribution in [0.3, 0.4) is 0 Å². The zero-order chi connectivity index (χ0) is 25.8. The summed E-state index contributed by atoms with van der Waals surface area (Å²) < 4.78 is 32.6. The first kappa shape index (κ1) is 25.5. The van der Waals surface area contributed by atoms with Gasteiger partial charge in [-0.2, -0.15) is 4.98 Å². The van der Waals surface area contributed by atoms with Gasteiger partial charge >= 0.3 is 0 Å². The van der Waals surface area contributed by atoms with Gasteiger partial charge in [0.2, 0.25) is 11.7 Å². The first-order chi connectivity index (χ1) is 18.1. The van der Waals surface area contributed by atoms with Crippen molar-refractivity contribution >= 4 is 29.2 Å². The lowest BCUT2D eigenvalue weighted by molar-refractivity contribution is -0.0776. The van der Waals surface area contributed by atoms with Gasteiger partial charge in [-0.1, -0.05) is 13.3 Å². The number of aromatic nitrogens is 4. The zero-order valence-corrected chi connectivity index (χ0v) is 22.0. The molecular formula is C26H31FN6O3S. The summed E-state index contributed by atoms with van der Waals surface area (Å²) >= 11 is 1.48. The van der Waals surface area contributed by atoms with E-state index in [9.17, 15) is 4.39 Å². The number of nitrogens with one attached hydrogen (secondary N) is 1. The van der Waals surface area contributed by atoms with Crippen LogP contribution in [0, 0.1) is 17.7 Å². The summed E-state index contributed by atoms with van der Waals surface area (Å²) in [6.45, 7) is 4.69. The van der Waals surface area contributed by atoms with Gasteiger partial charge in [0.15, 0.2) is 5.82 Å². The molecule has 0 saturated carbocycles. The van der Waals surface area contributed by atoms with Crippen LogP contribution in [0.2, 0.25) is 0 Å². The molecule has 4 heterocycles. The Bertz CT molecular complexity index is 1200. The molecule has 2 unspecified atom stereocenters. The van der Waals surface area contributed by atoms with E-state index in [1.807, 2.05) is 24.7 Å². The summed E-state index contributed by atoms with van der Waals surface area (Å²) in [4.78, 5) is 20.9. The lowest BCUT2D eigenvalue weighted by atomic mass is 9.84. The molecule has 1 aromatic carbocycles. The number of ether oxygens (including phenoxy) is 3. The van der Waals surface area contributed by atoms with E-state index >= 15 is 0 Å². The molecule has 2 aromatic heterocycles. The number of rotatable bonds is 9. The Morgan fingerprint density at radius 1 is 1.14 bits per heavy atom. The summed E-state index contributed by atoms with van der Waals surface area (Å²) in [5.74, 6) is 1.53. The topological polar surface area (TPSA) is 94.5 Å². The zero-order valence-electron chi connectivity index (χ0n) is 21.2. The number of halogens is 1. The van der Waals surface area contributed by atoms with Crippen LogP contribution in [-0.2, 0) is 11.2 Å². The monoisotopic (exact) mass is 526 g/mol. The molecule has 37 heavy (non-hydrogen) atoms. The molecule has 2 aliphatic heterocycles. The summed E-state index contributed by atoms with van der Waals surface area (Å²) in [6, 6.07) is 5.00. The number of aryl methyl sites for hydroxylation is 1. The van der Waals surface area contributed by atoms with Gasteiger partial charge in [0.05, 0.1) is 26.0 Å². The van der Waals surface area contributed by atoms with E-state index in [0.29, 0.717) is 49.4 Å². The number of anilines is 3. The summed E-state index contributed by atoms with van der Waals surface area (Å²) in [5.41, 5.74) is 1.44. The molecule has 9 nitrogen and oxygen atoms in total. The van der Waals surface area contributed by atoms with Gasteiger partial charge in [0.25, 0.3) is 5.88 Å². The third kappa shape index (κ3) is 5.57. The Hall–Kier alpha value is -3.18. The molecule has 5 rings (SSSR count). The van der Waals surface area contributed by atoms with Crippen LogP contribution in [0.1, 0.15) is 18.9 Å². The Morgan fingerprint density at radius 2 is 1.89 bits per heavy atom. The van der Waals surface area contributed by atoms with Gasteiger partial charge < -0.3 is 24.4 Å². The van der Waals surface area contributed by atoms with E-state index in [4.69, 9.17) is 14.2 Å². The van der Waals surface area contributed by atoms with Crippen molar-refractivity contribution in [2.75, 3.05) is 49.9 Å². The van der Waals surface area contributed by atoms with Gasteiger partial charge in [-0.25, -0.2) is 19.3 Å². The standard InChI is InChI=1S/C26H31FN6O3S/c1-4-5-16-9-28-26(29-10-16)33-11-17-13-35-14-18(12-33)22(17)36-25-23(34-2)24(30-15-31-25)32-21-7-6-19(37-3)8-20(21)27/h6-10,15,17-18,22H,4-5,11-14H2,1-3H3,(H,30,31,32). The molecule has 2 saturated heterocycles. The maximum absolute atomic E-state index is 14.6. The van der Waals surface area contributed by atoms with Gasteiger partial charge in [0, 0.05) is 42.2 Å². The average molecular weight is 527 g/mol. The smallest absolute Gasteiger partial charge is 0.262 e. The van der Waals surface area contributed by atoms with Crippen LogP contribution in [0.25, 0.3) is 0 Å². The highest BCUT2D eigenvalue weighted by Gasteiger charge is 2.43. The van der Waals surface area contributed by atoms with Crippen molar-refractivity contribution in [1.82, 2.24) is 19.9 Å². The lowest BCUT2D eigenvalue weighted by Gasteiger charge is -2.46. The van der Waals surface area contributed by atoms with E-state index < -0.39 is 0 Å². The summed E-state index contributed by atoms with van der Waals surface area (Å²) in [5, 5.41) is 3.02. The minimum Gasteiger partial charge on any atom is -0.489 e. The Morgan fingerprint density at radius 3 is 2.54 bits per heavy atom. The predicted molar refractivity (Wildman–Crippen MR) is 141 cm³/mol. The molecule has 2 fully saturated rings. The first-order valence-electron chi connectivity index (χ1n) is 12.4. The number of thioether (sulfide) groups is 1. The molecule has 2 atom stereocenters. The van der Waals surface area contributed by atoms with E-state index in [2.05, 4.69) is 37.1 Å². The summed E-state index contributed by atoms with van der Waals surface area (Å²) in [6.07, 6.45) is 9.04. The second-order valence-electron chi connectivity index (χ2n) is 9.22. The molecule has 0 aliphatic carbocycles. The number of fused-ring (bicyclic) bond motifs is 2. The third-order valence-corrected chi connectivity index (χ3v) is 7.39. The minimum absolute atomic E-state index is 0.0963. The fourth-order valence-corrected chi connectivity index (χ4v) is 5.30. The van der Waals surface area contributed by atoms with Crippen molar-refractivity contribution < 1.29 is 18.6 Å². The van der Waals surface area contributed by atoms with E-state index in [1.165, 1.54) is 31.3 Å². The maximum atomic E-state index is 14.6. The van der Waals surface area contributed by atoms with Crippen molar-refractivity contribution in [3.63, 3.8) is 0 Å². The molecule has 11 heteroatoms. The van der Waals surface area contributed by atoms with E-state index in [0.717, 1.165) is 29.2 Å². The Balaban J connectivity index is 1.33. The Kier molecular flexibility index (Phi) is 7.90. The van der Waals surface area contributed by atoms with Crippen LogP contribution in [-0.4, -0.2) is 65.7 Å². The van der Waals surface area contributed by atoms with Crippen molar-refractivity contribution in [2.45, 2.75) is 30.8 Å². The molecule has 0 radical (unpaired) electrons. The number of methoxy groups -OCH3 is 1. The normalized spacial score (nSPS) is 21.0. The second-order valence-corrected chi connectivity index (χ2v) is 10.1. The van der Waals surface area contributed by atoms with E-state index in [1.54, 1.807) is 6.07 Å². The van der Waals surface area contributed by atoms with Gasteiger partial charge in [-0.05, 0) is 36.4 Å². The van der Waals surface area contributed by atoms with Crippen LogP contribution in [0.4, 0.5) is 21.8 Å². The first-order valence-corrected chi connectivity index (χ1v) is 13.6. The molecule has 196 valence electrons. The minimum atomic E-state index is -0.376. The van der Waals surface area contributed by atoms with Gasteiger partial charge in [-0.3, -0.25) is 0 Å². The van der Waals surface area contributed by atoms with E-state index in [-0.39, 0.29) is 23.8 Å². The summed E-state index contributed by atoms with van der Waals surface area (Å²) in [7, 11) is 1.52. The Labute approximate surface area is 220 Å². The number of nitrogens with zero attached hydrogens (tertiary/aromatic N) is 5. The SMILES string of the molecule is CCCc1cnc(N2CC3COCC(C2)C3Oc2ncnc(Nc3ccc(SC)cc3F)c2OC)nc1. The fourth-order valence-electron chi connectivity index (χ4n) is 4.88. The molecule has 0 spiro atoms. The molecule has 0 amide bonds. The van der Waals surface area contributed by atoms with Crippen LogP contribution < -0.4 is 19.7 Å². The largest absolute Gasteiger partial charge is 0.489 e. The van der Waals surface area contributed by atoms with Crippen molar-refractivity contribution in [3.05, 3.63) is 48.3 Å². The average Bonchev–Trinajstić information content (AvgIpc) is 2.90. The maximum Gasteiger partial charge on any atom is 0.262 e. The molecule has 3 aromatic rings. The van der Waals surface area contributed by atoms with Crippen LogP contribution in [0.15, 0.2) is 41.8 Å². The van der Waals surface area contributed by atoms with Crippen LogP contribution >= 0.6 is 11.8 Å². The van der Waals surface area contributed by atoms with Crippen molar-refractivity contribution in [1.29, 1.82) is 0 Å².